The number of rotatable bonds is 8. The molecule has 2 rings (SSSR count). The van der Waals surface area contributed by atoms with Gasteiger partial charge in [0.05, 0.1) is 19.0 Å². The molecule has 4 N–H and O–H groups in total. The normalized spacial score (nSPS) is 13.6. The third-order valence-corrected chi connectivity index (χ3v) is 3.52. The number of methoxy groups -OCH3 is 1. The van der Waals surface area contributed by atoms with Crippen LogP contribution < -0.4 is 5.73 Å². The number of fused-ring (bicyclic) bond motifs is 1. The molecular weight excluding hydrogens is 313 g/mol. The first-order chi connectivity index (χ1) is 10.4. The van der Waals surface area contributed by atoms with E-state index in [0.29, 0.717) is 24.2 Å². The standard InChI is InChI=1S/C11H18N5O5P/c1-20-3-2-8(4-21-7-22(17,18)19)16-6-15-9-10(12)13-5-14-11(9)16/h5-6,8H,2-4,7H2,1H3,(H2,12,13,14)(H2,17,18,19). The molecule has 0 radical (unpaired) electrons. The summed E-state index contributed by atoms with van der Waals surface area (Å²) in [5, 5.41) is 0. The molecule has 1 unspecified atom stereocenters. The van der Waals surface area contributed by atoms with Crippen molar-refractivity contribution in [2.75, 3.05) is 32.4 Å². The number of nitrogens with zero attached hydrogens (tertiary/aromatic N) is 4. The SMILES string of the molecule is COCCC(COCP(=O)(O)O)n1cnc2c(N)ncnc21. The van der Waals surface area contributed by atoms with Crippen LogP contribution in [-0.2, 0) is 14.0 Å². The molecule has 0 aliphatic rings. The fraction of sp³-hybridized carbons (Fsp3) is 0.545. The van der Waals surface area contributed by atoms with Gasteiger partial charge in [-0.25, -0.2) is 15.0 Å². The quantitative estimate of drug-likeness (QED) is 0.575. The van der Waals surface area contributed by atoms with E-state index in [1.165, 1.54) is 6.33 Å². The predicted molar refractivity (Wildman–Crippen MR) is 78.1 cm³/mol. The molecule has 0 spiro atoms. The summed E-state index contributed by atoms with van der Waals surface area (Å²) in [6.07, 6.45) is 2.81. The Hall–Kier alpha value is -1.58. The van der Waals surface area contributed by atoms with Gasteiger partial charge in [0.2, 0.25) is 0 Å². The van der Waals surface area contributed by atoms with Crippen LogP contribution >= 0.6 is 7.60 Å². The molecule has 122 valence electrons. The smallest absolute Gasteiger partial charge is 0.350 e. The molecule has 2 aromatic rings. The maximum absolute atomic E-state index is 10.9. The minimum atomic E-state index is -4.20. The maximum Gasteiger partial charge on any atom is 0.350 e. The van der Waals surface area contributed by atoms with Gasteiger partial charge in [0.1, 0.15) is 18.2 Å². The lowest BCUT2D eigenvalue weighted by molar-refractivity contribution is 0.103. The highest BCUT2D eigenvalue weighted by Gasteiger charge is 2.19. The summed E-state index contributed by atoms with van der Waals surface area (Å²) in [6.45, 7) is 0.536. The van der Waals surface area contributed by atoms with Crippen molar-refractivity contribution in [2.45, 2.75) is 12.5 Å². The van der Waals surface area contributed by atoms with Crippen LogP contribution in [0.15, 0.2) is 12.7 Å². The summed E-state index contributed by atoms with van der Waals surface area (Å²) in [6, 6.07) is -0.245. The van der Waals surface area contributed by atoms with Crippen molar-refractivity contribution in [1.82, 2.24) is 19.5 Å². The van der Waals surface area contributed by atoms with E-state index in [0.717, 1.165) is 0 Å². The van der Waals surface area contributed by atoms with Crippen molar-refractivity contribution in [3.05, 3.63) is 12.7 Å². The van der Waals surface area contributed by atoms with Gasteiger partial charge in [0, 0.05) is 13.7 Å². The summed E-state index contributed by atoms with van der Waals surface area (Å²) in [4.78, 5) is 29.9. The van der Waals surface area contributed by atoms with Gasteiger partial charge >= 0.3 is 7.60 Å². The molecule has 0 aliphatic heterocycles. The molecule has 22 heavy (non-hydrogen) atoms. The molecule has 0 saturated carbocycles. The van der Waals surface area contributed by atoms with Crippen LogP contribution in [0, 0.1) is 0 Å². The summed E-state index contributed by atoms with van der Waals surface area (Å²) in [5.41, 5.74) is 6.75. The number of ether oxygens (including phenoxy) is 2. The number of aromatic nitrogens is 4. The van der Waals surface area contributed by atoms with Crippen LogP contribution in [0.4, 0.5) is 5.82 Å². The molecule has 2 aromatic heterocycles. The van der Waals surface area contributed by atoms with Gasteiger partial charge < -0.3 is 29.6 Å². The molecule has 0 saturated heterocycles. The molecule has 11 heteroatoms. The number of imidazole rings is 1. The molecule has 0 bridgehead atoms. The Kier molecular flexibility index (Phi) is 5.43. The zero-order chi connectivity index (χ0) is 16.2. The summed E-state index contributed by atoms with van der Waals surface area (Å²) < 4.78 is 22.8. The molecule has 2 heterocycles. The van der Waals surface area contributed by atoms with Gasteiger partial charge in [-0.3, -0.25) is 4.57 Å². The van der Waals surface area contributed by atoms with E-state index < -0.39 is 13.9 Å². The van der Waals surface area contributed by atoms with Crippen LogP contribution in [0.5, 0.6) is 0 Å². The predicted octanol–water partition coefficient (Wildman–Crippen LogP) is 0.138. The lowest BCUT2D eigenvalue weighted by atomic mass is 10.2. The Morgan fingerprint density at radius 1 is 1.41 bits per heavy atom. The Balaban J connectivity index is 2.19. The van der Waals surface area contributed by atoms with Crippen LogP contribution in [0.25, 0.3) is 11.2 Å². The molecule has 0 fully saturated rings. The van der Waals surface area contributed by atoms with Gasteiger partial charge in [0.15, 0.2) is 11.5 Å². The van der Waals surface area contributed by atoms with Crippen molar-refractivity contribution in [1.29, 1.82) is 0 Å². The lowest BCUT2D eigenvalue weighted by Gasteiger charge is -2.19. The van der Waals surface area contributed by atoms with Gasteiger partial charge in [-0.15, -0.1) is 0 Å². The van der Waals surface area contributed by atoms with E-state index in [2.05, 4.69) is 15.0 Å². The van der Waals surface area contributed by atoms with E-state index in [1.54, 1.807) is 18.0 Å². The second-order valence-electron chi connectivity index (χ2n) is 4.68. The fourth-order valence-corrected chi connectivity index (χ4v) is 2.34. The molecule has 0 aromatic carbocycles. The second-order valence-corrected chi connectivity index (χ2v) is 6.27. The van der Waals surface area contributed by atoms with Gasteiger partial charge in [-0.05, 0) is 6.42 Å². The Morgan fingerprint density at radius 3 is 2.86 bits per heavy atom. The monoisotopic (exact) mass is 331 g/mol. The van der Waals surface area contributed by atoms with Gasteiger partial charge in [-0.2, -0.15) is 0 Å². The number of hydrogen-bond donors (Lipinski definition) is 3. The first-order valence-electron chi connectivity index (χ1n) is 6.46. The summed E-state index contributed by atoms with van der Waals surface area (Å²) in [5.74, 6) is 0.269. The fourth-order valence-electron chi connectivity index (χ4n) is 2.00. The maximum atomic E-state index is 10.9. The number of nitrogen functional groups attached to an aromatic ring is 1. The molecular formula is C11H18N5O5P. The summed E-state index contributed by atoms with van der Waals surface area (Å²) in [7, 11) is -2.64. The summed E-state index contributed by atoms with van der Waals surface area (Å²) >= 11 is 0. The zero-order valence-electron chi connectivity index (χ0n) is 12.0. The van der Waals surface area contributed by atoms with Gasteiger partial charge in [-0.1, -0.05) is 0 Å². The van der Waals surface area contributed by atoms with Crippen molar-refractivity contribution in [2.24, 2.45) is 0 Å². The van der Waals surface area contributed by atoms with E-state index in [1.807, 2.05) is 0 Å². The van der Waals surface area contributed by atoms with E-state index in [4.69, 9.17) is 25.0 Å². The largest absolute Gasteiger partial charge is 0.385 e. The third kappa shape index (κ3) is 4.21. The average Bonchev–Trinajstić information content (AvgIpc) is 2.87. The Morgan fingerprint density at radius 2 is 2.18 bits per heavy atom. The highest BCUT2D eigenvalue weighted by atomic mass is 31.2. The first kappa shape index (κ1) is 16.8. The first-order valence-corrected chi connectivity index (χ1v) is 8.26. The zero-order valence-corrected chi connectivity index (χ0v) is 12.9. The number of hydrogen-bond acceptors (Lipinski definition) is 7. The van der Waals surface area contributed by atoms with Crippen molar-refractivity contribution < 1.29 is 23.8 Å². The van der Waals surface area contributed by atoms with Crippen LogP contribution in [-0.4, -0.2) is 56.0 Å². The molecule has 1 atom stereocenters. The van der Waals surface area contributed by atoms with E-state index in [9.17, 15) is 4.57 Å². The molecule has 0 aliphatic carbocycles. The minimum absolute atomic E-state index is 0.0871. The van der Waals surface area contributed by atoms with Crippen LogP contribution in [0.3, 0.4) is 0 Å². The van der Waals surface area contributed by atoms with Crippen LogP contribution in [0.1, 0.15) is 12.5 Å². The second kappa shape index (κ2) is 7.12. The topological polar surface area (TPSA) is 146 Å². The molecule has 10 nitrogen and oxygen atoms in total. The Bertz CT molecular complexity index is 672. The lowest BCUT2D eigenvalue weighted by Crippen LogP contribution is -2.18. The van der Waals surface area contributed by atoms with Crippen LogP contribution in [0.2, 0.25) is 0 Å². The highest BCUT2D eigenvalue weighted by Crippen LogP contribution is 2.34. The minimum Gasteiger partial charge on any atom is -0.385 e. The van der Waals surface area contributed by atoms with Crippen molar-refractivity contribution in [3.8, 4) is 0 Å². The molecule has 0 amide bonds. The van der Waals surface area contributed by atoms with Crippen molar-refractivity contribution in [3.63, 3.8) is 0 Å². The van der Waals surface area contributed by atoms with E-state index in [-0.39, 0.29) is 18.5 Å². The van der Waals surface area contributed by atoms with E-state index >= 15 is 0 Å². The third-order valence-electron chi connectivity index (χ3n) is 3.01. The van der Waals surface area contributed by atoms with Gasteiger partial charge in [0.25, 0.3) is 0 Å². The Labute approximate surface area is 126 Å². The number of nitrogens with two attached hydrogens (primary N) is 1. The highest BCUT2D eigenvalue weighted by molar-refractivity contribution is 7.51. The number of anilines is 1. The average molecular weight is 331 g/mol. The van der Waals surface area contributed by atoms with Crippen molar-refractivity contribution >= 4 is 24.6 Å².